The van der Waals surface area contributed by atoms with Crippen molar-refractivity contribution in [1.82, 2.24) is 10.6 Å². The Morgan fingerprint density at radius 2 is 1.95 bits per heavy atom. The summed E-state index contributed by atoms with van der Waals surface area (Å²) in [5.41, 5.74) is 0. The van der Waals surface area contributed by atoms with Gasteiger partial charge in [-0.25, -0.2) is 0 Å². The highest BCUT2D eigenvalue weighted by molar-refractivity contribution is 7.11. The molecular formula is C16H29N3O2S. The van der Waals surface area contributed by atoms with Crippen molar-refractivity contribution in [2.45, 2.75) is 32.7 Å². The summed E-state index contributed by atoms with van der Waals surface area (Å²) < 4.78 is 10.4. The molecule has 0 aliphatic carbocycles. The third-order valence-corrected chi connectivity index (χ3v) is 4.39. The van der Waals surface area contributed by atoms with Gasteiger partial charge in [-0.15, -0.1) is 11.3 Å². The topological polar surface area (TPSA) is 54.9 Å². The molecule has 0 spiro atoms. The molecule has 0 radical (unpaired) electrons. The van der Waals surface area contributed by atoms with Crippen molar-refractivity contribution < 1.29 is 9.47 Å². The molecule has 1 rings (SSSR count). The van der Waals surface area contributed by atoms with Crippen LogP contribution in [0.3, 0.4) is 0 Å². The van der Waals surface area contributed by atoms with Gasteiger partial charge in [-0.1, -0.05) is 6.92 Å². The Bertz CT molecular complexity index is 421. The van der Waals surface area contributed by atoms with Crippen molar-refractivity contribution in [2.75, 3.05) is 40.5 Å². The van der Waals surface area contributed by atoms with E-state index in [0.29, 0.717) is 13.2 Å². The van der Waals surface area contributed by atoms with Gasteiger partial charge in [-0.2, -0.15) is 0 Å². The van der Waals surface area contributed by atoms with Crippen LogP contribution in [0.5, 0.6) is 0 Å². The maximum absolute atomic E-state index is 5.43. The molecule has 2 N–H and O–H groups in total. The number of nitrogens with zero attached hydrogens (tertiary/aromatic N) is 1. The molecule has 22 heavy (non-hydrogen) atoms. The van der Waals surface area contributed by atoms with Crippen LogP contribution < -0.4 is 10.6 Å². The number of nitrogens with one attached hydrogen (secondary N) is 2. The highest BCUT2D eigenvalue weighted by atomic mass is 32.1. The monoisotopic (exact) mass is 327 g/mol. The van der Waals surface area contributed by atoms with Crippen LogP contribution in [0.15, 0.2) is 17.1 Å². The van der Waals surface area contributed by atoms with E-state index in [0.717, 1.165) is 44.9 Å². The van der Waals surface area contributed by atoms with Crippen molar-refractivity contribution in [3.05, 3.63) is 21.9 Å². The van der Waals surface area contributed by atoms with Gasteiger partial charge in [0.15, 0.2) is 5.96 Å². The summed E-state index contributed by atoms with van der Waals surface area (Å²) in [5, 5.41) is 6.67. The van der Waals surface area contributed by atoms with Crippen molar-refractivity contribution in [3.63, 3.8) is 0 Å². The zero-order valence-electron chi connectivity index (χ0n) is 14.0. The molecule has 126 valence electrons. The summed E-state index contributed by atoms with van der Waals surface area (Å²) in [6.07, 6.45) is 3.20. The second-order valence-corrected chi connectivity index (χ2v) is 6.14. The van der Waals surface area contributed by atoms with Gasteiger partial charge < -0.3 is 20.1 Å². The van der Waals surface area contributed by atoms with E-state index >= 15 is 0 Å². The number of rotatable bonds is 11. The van der Waals surface area contributed by atoms with E-state index in [-0.39, 0.29) is 0 Å². The summed E-state index contributed by atoms with van der Waals surface area (Å²) >= 11 is 1.85. The summed E-state index contributed by atoms with van der Waals surface area (Å²) in [6.45, 7) is 6.03. The van der Waals surface area contributed by atoms with Crippen LogP contribution in [0.25, 0.3) is 0 Å². The Balaban J connectivity index is 2.07. The molecule has 0 aliphatic heterocycles. The fourth-order valence-electron chi connectivity index (χ4n) is 1.88. The fraction of sp³-hybridized carbons (Fsp3) is 0.688. The standard InChI is InChI=1S/C16H29N3O2S/c1-4-14-7-8-15(22-14)13-19-16(17-2)18-9-5-6-10-21-12-11-20-3/h7-8H,4-6,9-13H2,1-3H3,(H2,17,18,19). The van der Waals surface area contributed by atoms with Gasteiger partial charge in [0.2, 0.25) is 0 Å². The average Bonchev–Trinajstić information content (AvgIpc) is 3.01. The second kappa shape index (κ2) is 12.4. The minimum atomic E-state index is 0.664. The maximum Gasteiger partial charge on any atom is 0.191 e. The molecular weight excluding hydrogens is 298 g/mol. The third-order valence-electron chi connectivity index (χ3n) is 3.16. The largest absolute Gasteiger partial charge is 0.382 e. The molecule has 0 atom stereocenters. The number of ether oxygens (including phenoxy) is 2. The maximum atomic E-state index is 5.43. The highest BCUT2D eigenvalue weighted by Gasteiger charge is 2.01. The number of aliphatic imine (C=N–C) groups is 1. The third kappa shape index (κ3) is 8.36. The fourth-order valence-corrected chi connectivity index (χ4v) is 2.78. The summed E-state index contributed by atoms with van der Waals surface area (Å²) in [6, 6.07) is 4.38. The molecule has 0 fully saturated rings. The van der Waals surface area contributed by atoms with Gasteiger partial charge in [0, 0.05) is 37.1 Å². The van der Waals surface area contributed by atoms with Crippen LogP contribution in [-0.4, -0.2) is 46.5 Å². The first-order chi connectivity index (χ1) is 10.8. The number of guanidine groups is 1. The number of aryl methyl sites for hydroxylation is 1. The van der Waals surface area contributed by atoms with E-state index in [9.17, 15) is 0 Å². The van der Waals surface area contributed by atoms with Crippen LogP contribution in [-0.2, 0) is 22.4 Å². The Hall–Kier alpha value is -1.11. The molecule has 0 amide bonds. The SMILES string of the molecule is CCc1ccc(CNC(=NC)NCCCCOCCOC)s1. The summed E-state index contributed by atoms with van der Waals surface area (Å²) in [5.74, 6) is 0.853. The van der Waals surface area contributed by atoms with E-state index in [1.165, 1.54) is 9.75 Å². The molecule has 1 aromatic heterocycles. The lowest BCUT2D eigenvalue weighted by molar-refractivity contribution is 0.0689. The smallest absolute Gasteiger partial charge is 0.191 e. The zero-order valence-corrected chi connectivity index (χ0v) is 14.8. The first-order valence-electron chi connectivity index (χ1n) is 7.89. The normalized spacial score (nSPS) is 11.7. The van der Waals surface area contributed by atoms with Crippen LogP contribution in [0.1, 0.15) is 29.5 Å². The van der Waals surface area contributed by atoms with Crippen molar-refractivity contribution in [2.24, 2.45) is 4.99 Å². The van der Waals surface area contributed by atoms with Gasteiger partial charge in [0.25, 0.3) is 0 Å². The summed E-state index contributed by atoms with van der Waals surface area (Å²) in [7, 11) is 3.49. The molecule has 0 aliphatic rings. The lowest BCUT2D eigenvalue weighted by Crippen LogP contribution is -2.37. The summed E-state index contributed by atoms with van der Waals surface area (Å²) in [4.78, 5) is 7.00. The zero-order chi connectivity index (χ0) is 16.0. The second-order valence-electron chi connectivity index (χ2n) is 4.89. The van der Waals surface area contributed by atoms with E-state index in [1.807, 2.05) is 11.3 Å². The molecule has 1 aromatic rings. The van der Waals surface area contributed by atoms with Crippen LogP contribution in [0.2, 0.25) is 0 Å². The predicted molar refractivity (Wildman–Crippen MR) is 93.8 cm³/mol. The van der Waals surface area contributed by atoms with Gasteiger partial charge in [-0.05, 0) is 31.4 Å². The van der Waals surface area contributed by atoms with Crippen LogP contribution in [0.4, 0.5) is 0 Å². The van der Waals surface area contributed by atoms with Gasteiger partial charge in [-0.3, -0.25) is 4.99 Å². The predicted octanol–water partition coefficient (Wildman–Crippen LogP) is 2.42. The minimum absolute atomic E-state index is 0.664. The molecule has 1 heterocycles. The van der Waals surface area contributed by atoms with E-state index in [4.69, 9.17) is 9.47 Å². The lowest BCUT2D eigenvalue weighted by Gasteiger charge is -2.11. The Kier molecular flexibility index (Phi) is 10.7. The van der Waals surface area contributed by atoms with Crippen molar-refractivity contribution in [1.29, 1.82) is 0 Å². The van der Waals surface area contributed by atoms with Crippen molar-refractivity contribution >= 4 is 17.3 Å². The number of hydrogen-bond acceptors (Lipinski definition) is 4. The van der Waals surface area contributed by atoms with E-state index < -0.39 is 0 Å². The number of methoxy groups -OCH3 is 1. The lowest BCUT2D eigenvalue weighted by atomic mass is 10.3. The first-order valence-corrected chi connectivity index (χ1v) is 8.70. The van der Waals surface area contributed by atoms with Crippen LogP contribution in [0, 0.1) is 0 Å². The van der Waals surface area contributed by atoms with Crippen LogP contribution >= 0.6 is 11.3 Å². The van der Waals surface area contributed by atoms with Gasteiger partial charge >= 0.3 is 0 Å². The first kappa shape index (κ1) is 18.9. The van der Waals surface area contributed by atoms with E-state index in [1.54, 1.807) is 14.2 Å². The molecule has 5 nitrogen and oxygen atoms in total. The average molecular weight is 327 g/mol. The molecule has 0 saturated carbocycles. The Morgan fingerprint density at radius 3 is 2.64 bits per heavy atom. The molecule has 6 heteroatoms. The Morgan fingerprint density at radius 1 is 1.14 bits per heavy atom. The number of hydrogen-bond donors (Lipinski definition) is 2. The Labute approximate surface area is 138 Å². The van der Waals surface area contributed by atoms with Gasteiger partial charge in [0.1, 0.15) is 0 Å². The van der Waals surface area contributed by atoms with Crippen molar-refractivity contribution in [3.8, 4) is 0 Å². The quantitative estimate of drug-likeness (QED) is 0.372. The van der Waals surface area contributed by atoms with Gasteiger partial charge in [0.05, 0.1) is 19.8 Å². The molecule has 0 saturated heterocycles. The highest BCUT2D eigenvalue weighted by Crippen LogP contribution is 2.16. The number of thiophene rings is 1. The molecule has 0 bridgehead atoms. The number of unbranched alkanes of at least 4 members (excludes halogenated alkanes) is 1. The molecule has 0 aromatic carbocycles. The van der Waals surface area contributed by atoms with E-state index in [2.05, 4.69) is 34.7 Å². The minimum Gasteiger partial charge on any atom is -0.382 e. The molecule has 0 unspecified atom stereocenters.